The molecule has 0 aliphatic heterocycles. The number of halogens is 1. The number of rotatable bonds is 1. The Morgan fingerprint density at radius 3 is 2.73 bits per heavy atom. The highest BCUT2D eigenvalue weighted by Gasteiger charge is 2.02. The molecule has 0 unspecified atom stereocenters. The van der Waals surface area contributed by atoms with Gasteiger partial charge in [-0.2, -0.15) is 4.98 Å². The van der Waals surface area contributed by atoms with E-state index < -0.39 is 11.4 Å². The van der Waals surface area contributed by atoms with E-state index in [1.54, 1.807) is 0 Å². The zero-order chi connectivity index (χ0) is 8.43. The lowest BCUT2D eigenvalue weighted by atomic mass is 10.7. The Kier molecular flexibility index (Phi) is 2.09. The molecule has 0 aromatic carbocycles. The highest BCUT2D eigenvalue weighted by molar-refractivity contribution is 6.16. The molecular formula is C5H5ClN2O3. The van der Waals surface area contributed by atoms with Gasteiger partial charge in [-0.15, -0.1) is 11.6 Å². The van der Waals surface area contributed by atoms with Crippen LogP contribution in [0.5, 0.6) is 0 Å². The van der Waals surface area contributed by atoms with Crippen molar-refractivity contribution < 1.29 is 4.42 Å². The molecule has 0 fully saturated rings. The van der Waals surface area contributed by atoms with Crippen molar-refractivity contribution in [1.82, 2.24) is 9.55 Å². The van der Waals surface area contributed by atoms with Crippen LogP contribution >= 0.6 is 11.6 Å². The van der Waals surface area contributed by atoms with Crippen LogP contribution in [0.4, 0.5) is 0 Å². The molecule has 11 heavy (non-hydrogen) atoms. The topological polar surface area (TPSA) is 65.1 Å². The molecule has 5 nitrogen and oxygen atoms in total. The van der Waals surface area contributed by atoms with E-state index in [1.165, 1.54) is 7.05 Å². The maximum absolute atomic E-state index is 10.8. The van der Waals surface area contributed by atoms with Crippen LogP contribution in [0.2, 0.25) is 0 Å². The van der Waals surface area contributed by atoms with Gasteiger partial charge in [-0.05, 0) is 0 Å². The van der Waals surface area contributed by atoms with E-state index in [4.69, 9.17) is 11.6 Å². The fraction of sp³-hybridized carbons (Fsp3) is 0.400. The van der Waals surface area contributed by atoms with Crippen LogP contribution in [0.15, 0.2) is 14.0 Å². The van der Waals surface area contributed by atoms with Crippen LogP contribution in [0.25, 0.3) is 0 Å². The molecule has 0 spiro atoms. The smallest absolute Gasteiger partial charge is 0.393 e. The molecule has 0 saturated carbocycles. The zero-order valence-electron chi connectivity index (χ0n) is 5.70. The Morgan fingerprint density at radius 1 is 1.64 bits per heavy atom. The van der Waals surface area contributed by atoms with Gasteiger partial charge < -0.3 is 4.42 Å². The summed E-state index contributed by atoms with van der Waals surface area (Å²) in [4.78, 5) is 24.8. The Balaban J connectivity index is 3.45. The normalized spacial score (nSPS) is 10.0. The van der Waals surface area contributed by atoms with Gasteiger partial charge >= 0.3 is 11.4 Å². The molecule has 0 bridgehead atoms. The van der Waals surface area contributed by atoms with Crippen molar-refractivity contribution in [3.63, 3.8) is 0 Å². The van der Waals surface area contributed by atoms with E-state index in [2.05, 4.69) is 9.40 Å². The summed E-state index contributed by atoms with van der Waals surface area (Å²) >= 11 is 5.28. The first kappa shape index (κ1) is 8.00. The lowest BCUT2D eigenvalue weighted by molar-refractivity contribution is 0.386. The molecule has 6 heteroatoms. The van der Waals surface area contributed by atoms with Crippen molar-refractivity contribution in [3.05, 3.63) is 26.9 Å². The lowest BCUT2D eigenvalue weighted by Gasteiger charge is -1.93. The summed E-state index contributed by atoms with van der Waals surface area (Å²) in [6.07, 6.45) is 0. The number of hydrogen-bond donors (Lipinski definition) is 0. The SMILES string of the molecule is Cn1c(=O)nc(CCl)oc1=O. The monoisotopic (exact) mass is 176 g/mol. The molecule has 1 aromatic heterocycles. The summed E-state index contributed by atoms with van der Waals surface area (Å²) in [5.74, 6) is -0.883. The Bertz CT molecular complexity index is 335. The predicted octanol–water partition coefficient (Wildman–Crippen LogP) is -0.528. The minimum atomic E-state index is -0.749. The molecule has 0 saturated heterocycles. The zero-order valence-corrected chi connectivity index (χ0v) is 6.46. The Hall–Kier alpha value is -1.10. The predicted molar refractivity (Wildman–Crippen MR) is 37.6 cm³/mol. The van der Waals surface area contributed by atoms with E-state index in [0.29, 0.717) is 0 Å². The third kappa shape index (κ3) is 1.48. The van der Waals surface area contributed by atoms with E-state index in [9.17, 15) is 9.59 Å². The van der Waals surface area contributed by atoms with Crippen molar-refractivity contribution in [2.45, 2.75) is 5.88 Å². The fourth-order valence-electron chi connectivity index (χ4n) is 0.509. The van der Waals surface area contributed by atoms with Crippen molar-refractivity contribution >= 4 is 11.6 Å². The molecule has 0 amide bonds. The molecular weight excluding hydrogens is 172 g/mol. The minimum Gasteiger partial charge on any atom is -0.393 e. The largest absolute Gasteiger partial charge is 0.424 e. The second kappa shape index (κ2) is 2.87. The number of hydrogen-bond acceptors (Lipinski definition) is 4. The van der Waals surface area contributed by atoms with Crippen molar-refractivity contribution in [1.29, 1.82) is 0 Å². The second-order valence-electron chi connectivity index (χ2n) is 1.85. The van der Waals surface area contributed by atoms with Gasteiger partial charge in [-0.3, -0.25) is 0 Å². The van der Waals surface area contributed by atoms with Crippen LogP contribution in [0, 0.1) is 0 Å². The maximum Gasteiger partial charge on any atom is 0.424 e. The average molecular weight is 177 g/mol. The van der Waals surface area contributed by atoms with E-state index >= 15 is 0 Å². The average Bonchev–Trinajstić information content (AvgIpc) is 1.99. The molecule has 0 aliphatic carbocycles. The van der Waals surface area contributed by atoms with Gasteiger partial charge in [-0.1, -0.05) is 0 Å². The standard InChI is InChI=1S/C5H5ClN2O3/c1-8-4(9)7-3(2-6)11-5(8)10/h2H2,1H3. The van der Waals surface area contributed by atoms with Gasteiger partial charge in [0.15, 0.2) is 0 Å². The highest BCUT2D eigenvalue weighted by Crippen LogP contribution is 1.90. The molecule has 1 rings (SSSR count). The molecule has 60 valence electrons. The third-order valence-corrected chi connectivity index (χ3v) is 1.33. The van der Waals surface area contributed by atoms with Crippen molar-refractivity contribution in [3.8, 4) is 0 Å². The fourth-order valence-corrected chi connectivity index (χ4v) is 0.623. The lowest BCUT2D eigenvalue weighted by Crippen LogP contribution is -2.32. The summed E-state index contributed by atoms with van der Waals surface area (Å²) < 4.78 is 5.26. The first-order valence-electron chi connectivity index (χ1n) is 2.78. The van der Waals surface area contributed by atoms with Gasteiger partial charge in [0, 0.05) is 7.05 Å². The van der Waals surface area contributed by atoms with Crippen LogP contribution in [0.3, 0.4) is 0 Å². The van der Waals surface area contributed by atoms with Crippen LogP contribution in [0.1, 0.15) is 5.89 Å². The van der Waals surface area contributed by atoms with E-state index in [0.717, 1.165) is 4.57 Å². The van der Waals surface area contributed by atoms with E-state index in [-0.39, 0.29) is 11.8 Å². The summed E-state index contributed by atoms with van der Waals surface area (Å²) in [6.45, 7) is 0. The minimum absolute atomic E-state index is 0.0558. The molecule has 1 heterocycles. The number of alkyl halides is 1. The second-order valence-corrected chi connectivity index (χ2v) is 2.12. The van der Waals surface area contributed by atoms with Crippen LogP contribution in [-0.2, 0) is 12.9 Å². The van der Waals surface area contributed by atoms with Gasteiger partial charge in [-0.25, -0.2) is 14.2 Å². The summed E-state index contributed by atoms with van der Waals surface area (Å²) in [5.41, 5.74) is -0.656. The maximum atomic E-state index is 10.8. The molecule has 0 atom stereocenters. The van der Waals surface area contributed by atoms with Gasteiger partial charge in [0.1, 0.15) is 0 Å². The Labute approximate surface area is 66.2 Å². The summed E-state index contributed by atoms with van der Waals surface area (Å²) in [6, 6.07) is 0. The van der Waals surface area contributed by atoms with Crippen molar-refractivity contribution in [2.24, 2.45) is 7.05 Å². The molecule has 0 aliphatic rings. The first-order valence-corrected chi connectivity index (χ1v) is 3.31. The van der Waals surface area contributed by atoms with Gasteiger partial charge in [0.05, 0.1) is 5.88 Å². The van der Waals surface area contributed by atoms with Gasteiger partial charge in [0.2, 0.25) is 5.89 Å². The summed E-state index contributed by atoms with van der Waals surface area (Å²) in [5, 5.41) is 0. The number of aromatic nitrogens is 2. The van der Waals surface area contributed by atoms with Crippen molar-refractivity contribution in [2.75, 3.05) is 0 Å². The molecule has 0 N–H and O–H groups in total. The van der Waals surface area contributed by atoms with Crippen LogP contribution in [-0.4, -0.2) is 9.55 Å². The quantitative estimate of drug-likeness (QED) is 0.540. The van der Waals surface area contributed by atoms with Crippen LogP contribution < -0.4 is 11.4 Å². The van der Waals surface area contributed by atoms with Gasteiger partial charge in [0.25, 0.3) is 0 Å². The number of nitrogens with zero attached hydrogens (tertiary/aromatic N) is 2. The third-order valence-electron chi connectivity index (χ3n) is 1.10. The Morgan fingerprint density at radius 2 is 2.27 bits per heavy atom. The van der Waals surface area contributed by atoms with E-state index in [1.807, 2.05) is 0 Å². The molecule has 0 radical (unpaired) electrons. The molecule has 1 aromatic rings. The first-order chi connectivity index (χ1) is 5.15. The highest BCUT2D eigenvalue weighted by atomic mass is 35.5. The summed E-state index contributed by atoms with van der Waals surface area (Å²) in [7, 11) is 1.28.